The minimum Gasteiger partial charge on any atom is -0.449 e. The van der Waals surface area contributed by atoms with Crippen LogP contribution in [0.4, 0.5) is 4.79 Å². The van der Waals surface area contributed by atoms with Crippen molar-refractivity contribution in [3.63, 3.8) is 0 Å². The van der Waals surface area contributed by atoms with Crippen molar-refractivity contribution in [2.24, 2.45) is 0 Å². The number of ether oxygens (including phenoxy) is 1. The maximum absolute atomic E-state index is 10.8. The number of rotatable bonds is 4. The van der Waals surface area contributed by atoms with Crippen LogP contribution >= 0.6 is 12.6 Å². The maximum atomic E-state index is 10.8. The van der Waals surface area contributed by atoms with E-state index >= 15 is 0 Å². The van der Waals surface area contributed by atoms with E-state index in [0.29, 0.717) is 11.7 Å². The van der Waals surface area contributed by atoms with Gasteiger partial charge in [0.15, 0.2) is 5.16 Å². The van der Waals surface area contributed by atoms with Crippen molar-refractivity contribution in [3.05, 3.63) is 65.9 Å². The van der Waals surface area contributed by atoms with E-state index < -0.39 is 6.16 Å². The van der Waals surface area contributed by atoms with Gasteiger partial charge in [0.1, 0.15) is 0 Å². The molecule has 6 heteroatoms. The molecule has 24 heavy (non-hydrogen) atoms. The Morgan fingerprint density at radius 2 is 2.00 bits per heavy atom. The molecule has 3 rings (SSSR count). The second kappa shape index (κ2) is 6.80. The Bertz CT molecular complexity index is 875. The third kappa shape index (κ3) is 3.44. The fourth-order valence-corrected chi connectivity index (χ4v) is 2.78. The zero-order valence-electron chi connectivity index (χ0n) is 13.0. The van der Waals surface area contributed by atoms with Gasteiger partial charge < -0.3 is 9.84 Å². The van der Waals surface area contributed by atoms with Crippen molar-refractivity contribution in [1.82, 2.24) is 9.55 Å². The lowest BCUT2D eigenvalue weighted by Gasteiger charge is -2.14. The van der Waals surface area contributed by atoms with E-state index in [1.807, 2.05) is 49.4 Å². The maximum Gasteiger partial charge on any atom is 0.512 e. The summed E-state index contributed by atoms with van der Waals surface area (Å²) < 4.78 is 6.40. The molecular weight excluding hydrogens is 324 g/mol. The Kier molecular flexibility index (Phi) is 4.57. The van der Waals surface area contributed by atoms with Gasteiger partial charge >= 0.3 is 6.16 Å². The van der Waals surface area contributed by atoms with Crippen LogP contribution in [-0.2, 0) is 6.54 Å². The number of hydrogen-bond donors (Lipinski definition) is 2. The minimum absolute atomic E-state index is 0.145. The molecule has 0 fully saturated rings. The van der Waals surface area contributed by atoms with Gasteiger partial charge in [0.2, 0.25) is 5.88 Å². The SMILES string of the molecule is Cc1ccc(Cn2c(OC(=O)O)cnc2S)c(-c2ccccc2)c1. The molecule has 0 aliphatic heterocycles. The molecule has 0 bridgehead atoms. The van der Waals surface area contributed by atoms with Crippen LogP contribution < -0.4 is 4.74 Å². The summed E-state index contributed by atoms with van der Waals surface area (Å²) in [6, 6.07) is 16.2. The van der Waals surface area contributed by atoms with Gasteiger partial charge in [0.25, 0.3) is 0 Å². The number of carboxylic acid groups (broad SMARTS) is 1. The van der Waals surface area contributed by atoms with Crippen LogP contribution in [0, 0.1) is 6.92 Å². The molecule has 122 valence electrons. The normalized spacial score (nSPS) is 10.6. The summed E-state index contributed by atoms with van der Waals surface area (Å²) in [4.78, 5) is 14.9. The van der Waals surface area contributed by atoms with Crippen molar-refractivity contribution in [2.45, 2.75) is 18.6 Å². The zero-order chi connectivity index (χ0) is 17.1. The number of aromatic nitrogens is 2. The fraction of sp³-hybridized carbons (Fsp3) is 0.111. The van der Waals surface area contributed by atoms with Crippen LogP contribution in [0.5, 0.6) is 5.88 Å². The molecule has 0 aliphatic rings. The largest absolute Gasteiger partial charge is 0.512 e. The lowest BCUT2D eigenvalue weighted by molar-refractivity contribution is 0.140. The van der Waals surface area contributed by atoms with Crippen LogP contribution in [0.15, 0.2) is 59.9 Å². The highest BCUT2D eigenvalue weighted by Gasteiger charge is 2.14. The lowest BCUT2D eigenvalue weighted by atomic mass is 9.97. The number of thiol groups is 1. The highest BCUT2D eigenvalue weighted by molar-refractivity contribution is 7.80. The zero-order valence-corrected chi connectivity index (χ0v) is 13.9. The fourth-order valence-electron chi connectivity index (χ4n) is 2.56. The smallest absolute Gasteiger partial charge is 0.449 e. The molecule has 0 spiro atoms. The third-order valence-corrected chi connectivity index (χ3v) is 4.03. The molecule has 1 aromatic heterocycles. The van der Waals surface area contributed by atoms with Gasteiger partial charge in [-0.3, -0.25) is 4.57 Å². The van der Waals surface area contributed by atoms with Crippen LogP contribution in [0.1, 0.15) is 11.1 Å². The number of hydrogen-bond acceptors (Lipinski definition) is 4. The molecule has 0 unspecified atom stereocenters. The molecule has 1 N–H and O–H groups in total. The molecule has 5 nitrogen and oxygen atoms in total. The van der Waals surface area contributed by atoms with Gasteiger partial charge in [-0.2, -0.15) is 0 Å². The van der Waals surface area contributed by atoms with Crippen LogP contribution in [0.3, 0.4) is 0 Å². The highest BCUT2D eigenvalue weighted by Crippen LogP contribution is 2.28. The van der Waals surface area contributed by atoms with Crippen molar-refractivity contribution >= 4 is 18.8 Å². The second-order valence-electron chi connectivity index (χ2n) is 5.38. The van der Waals surface area contributed by atoms with Crippen LogP contribution in [0.25, 0.3) is 11.1 Å². The first-order chi connectivity index (χ1) is 11.5. The molecule has 0 saturated heterocycles. The Morgan fingerprint density at radius 1 is 1.25 bits per heavy atom. The van der Waals surface area contributed by atoms with Gasteiger partial charge in [-0.05, 0) is 23.6 Å². The standard InChI is InChI=1S/C18H16N2O3S/c1-12-7-8-14(15(9-12)13-5-3-2-4-6-13)11-20-16(23-18(21)22)10-19-17(20)24/h2-10H,11H2,1H3,(H,19,24)(H,21,22). The lowest BCUT2D eigenvalue weighted by Crippen LogP contribution is -2.10. The Labute approximate surface area is 145 Å². The summed E-state index contributed by atoms with van der Waals surface area (Å²) in [6.45, 7) is 2.45. The van der Waals surface area contributed by atoms with Crippen LogP contribution in [0.2, 0.25) is 0 Å². The first-order valence-electron chi connectivity index (χ1n) is 7.35. The number of nitrogens with zero attached hydrogens (tertiary/aromatic N) is 2. The summed E-state index contributed by atoms with van der Waals surface area (Å²) in [5.74, 6) is 0.145. The molecule has 3 aromatic rings. The summed E-state index contributed by atoms with van der Waals surface area (Å²) in [6.07, 6.45) is -0.0241. The van der Waals surface area contributed by atoms with Gasteiger partial charge in [-0.25, -0.2) is 9.78 Å². The number of imidazole rings is 1. The number of carbonyl (C=O) groups is 1. The predicted molar refractivity (Wildman–Crippen MR) is 93.8 cm³/mol. The first-order valence-corrected chi connectivity index (χ1v) is 7.79. The van der Waals surface area contributed by atoms with E-state index in [2.05, 4.69) is 23.7 Å². The first kappa shape index (κ1) is 16.1. The molecule has 0 saturated carbocycles. The molecule has 0 aliphatic carbocycles. The van der Waals surface area contributed by atoms with Gasteiger partial charge in [-0.1, -0.05) is 54.1 Å². The average Bonchev–Trinajstić information content (AvgIpc) is 2.90. The minimum atomic E-state index is -1.38. The van der Waals surface area contributed by atoms with Gasteiger partial charge in [-0.15, -0.1) is 12.6 Å². The molecule has 0 amide bonds. The van der Waals surface area contributed by atoms with Gasteiger partial charge in [0.05, 0.1) is 12.7 Å². The Hall–Kier alpha value is -2.73. The van der Waals surface area contributed by atoms with E-state index in [1.165, 1.54) is 6.20 Å². The Morgan fingerprint density at radius 3 is 2.71 bits per heavy atom. The summed E-state index contributed by atoms with van der Waals surface area (Å²) in [5.41, 5.74) is 4.35. The number of benzene rings is 2. The Balaban J connectivity index is 2.03. The molecule has 0 atom stereocenters. The summed E-state index contributed by atoms with van der Waals surface area (Å²) in [7, 11) is 0. The van der Waals surface area contributed by atoms with Crippen molar-refractivity contribution in [3.8, 4) is 17.0 Å². The molecule has 0 radical (unpaired) electrons. The monoisotopic (exact) mass is 340 g/mol. The van der Waals surface area contributed by atoms with E-state index in [4.69, 9.17) is 9.84 Å². The van der Waals surface area contributed by atoms with E-state index in [-0.39, 0.29) is 5.88 Å². The highest BCUT2D eigenvalue weighted by atomic mass is 32.1. The summed E-state index contributed by atoms with van der Waals surface area (Å²) >= 11 is 4.29. The number of aryl methyl sites for hydroxylation is 1. The van der Waals surface area contributed by atoms with Crippen molar-refractivity contribution in [2.75, 3.05) is 0 Å². The molecule has 2 aromatic carbocycles. The van der Waals surface area contributed by atoms with E-state index in [9.17, 15) is 4.79 Å². The molecule has 1 heterocycles. The summed E-state index contributed by atoms with van der Waals surface area (Å²) in [5, 5.41) is 9.24. The van der Waals surface area contributed by atoms with Crippen molar-refractivity contribution in [1.29, 1.82) is 0 Å². The van der Waals surface area contributed by atoms with E-state index in [0.717, 1.165) is 22.3 Å². The predicted octanol–water partition coefficient (Wildman–Crippen LogP) is 4.25. The molecular formula is C18H16N2O3S. The third-order valence-electron chi connectivity index (χ3n) is 3.67. The quantitative estimate of drug-likeness (QED) is 0.550. The second-order valence-corrected chi connectivity index (χ2v) is 5.78. The van der Waals surface area contributed by atoms with Crippen LogP contribution in [-0.4, -0.2) is 20.8 Å². The van der Waals surface area contributed by atoms with E-state index in [1.54, 1.807) is 4.57 Å². The average molecular weight is 340 g/mol. The van der Waals surface area contributed by atoms with Gasteiger partial charge in [0, 0.05) is 0 Å². The van der Waals surface area contributed by atoms with Crippen molar-refractivity contribution < 1.29 is 14.6 Å². The topological polar surface area (TPSA) is 64.3 Å².